The molecule has 0 saturated heterocycles. The van der Waals surface area contributed by atoms with E-state index in [0.29, 0.717) is 23.7 Å². The van der Waals surface area contributed by atoms with Crippen LogP contribution in [0.4, 0.5) is 0 Å². The van der Waals surface area contributed by atoms with Crippen LogP contribution < -0.4 is 10.1 Å². The molecule has 4 heteroatoms. The van der Waals surface area contributed by atoms with Crippen molar-refractivity contribution in [2.24, 2.45) is 17.8 Å². The number of benzene rings is 1. The topological polar surface area (TPSA) is 55.4 Å². The van der Waals surface area contributed by atoms with Gasteiger partial charge in [-0.1, -0.05) is 12.1 Å². The summed E-state index contributed by atoms with van der Waals surface area (Å²) in [6, 6.07) is 7.46. The summed E-state index contributed by atoms with van der Waals surface area (Å²) < 4.78 is 6.31. The fourth-order valence-electron chi connectivity index (χ4n) is 4.57. The molecule has 1 amide bonds. The van der Waals surface area contributed by atoms with Crippen LogP contribution in [-0.4, -0.2) is 22.8 Å². The monoisotopic (exact) mass is 313 g/mol. The van der Waals surface area contributed by atoms with Crippen LogP contribution in [0.15, 0.2) is 24.3 Å². The minimum Gasteiger partial charge on any atom is -0.486 e. The lowest BCUT2D eigenvalue weighted by Gasteiger charge is -2.37. The van der Waals surface area contributed by atoms with Crippen molar-refractivity contribution in [1.82, 2.24) is 5.32 Å². The average Bonchev–Trinajstić information content (AvgIpc) is 3.10. The smallest absolute Gasteiger partial charge is 0.224 e. The van der Waals surface area contributed by atoms with Gasteiger partial charge in [0.15, 0.2) is 5.78 Å². The second-order valence-electron chi connectivity index (χ2n) is 8.26. The Morgan fingerprint density at radius 1 is 1.30 bits per heavy atom. The first kappa shape index (κ1) is 14.7. The summed E-state index contributed by atoms with van der Waals surface area (Å²) >= 11 is 0. The minimum absolute atomic E-state index is 0.000960. The lowest BCUT2D eigenvalue weighted by Crippen LogP contribution is -2.46. The Balaban J connectivity index is 1.58. The molecule has 4 rings (SSSR count). The average molecular weight is 313 g/mol. The van der Waals surface area contributed by atoms with Crippen LogP contribution in [0.25, 0.3) is 0 Å². The molecule has 122 valence electrons. The van der Waals surface area contributed by atoms with E-state index in [1.54, 1.807) is 0 Å². The number of ether oxygens (including phenoxy) is 1. The van der Waals surface area contributed by atoms with Crippen molar-refractivity contribution >= 4 is 11.7 Å². The Hall–Kier alpha value is -1.84. The molecule has 0 bridgehead atoms. The van der Waals surface area contributed by atoms with Crippen LogP contribution in [-0.2, 0) is 4.79 Å². The third-order valence-electron chi connectivity index (χ3n) is 5.44. The molecule has 2 aliphatic carbocycles. The van der Waals surface area contributed by atoms with E-state index < -0.39 is 5.60 Å². The molecule has 1 aliphatic heterocycles. The number of carbonyl (C=O) groups is 2. The molecule has 0 aromatic heterocycles. The lowest BCUT2D eigenvalue weighted by molar-refractivity contribution is -0.125. The SMILES string of the molecule is CC(C)(C)NC(=O)[C@@H]1[C@@H]2CC[C@]3(CC(=O)c4ccccc4O3)[C@@H]21. The number of amides is 1. The summed E-state index contributed by atoms with van der Waals surface area (Å²) in [5.74, 6) is 1.50. The maximum Gasteiger partial charge on any atom is 0.224 e. The fourth-order valence-corrected chi connectivity index (χ4v) is 4.57. The number of fused-ring (bicyclic) bond motifs is 3. The Morgan fingerprint density at radius 2 is 2.04 bits per heavy atom. The Labute approximate surface area is 136 Å². The first-order valence-corrected chi connectivity index (χ1v) is 8.44. The van der Waals surface area contributed by atoms with Crippen molar-refractivity contribution in [3.63, 3.8) is 0 Å². The molecule has 1 aromatic rings. The van der Waals surface area contributed by atoms with Crippen LogP contribution >= 0.6 is 0 Å². The number of nitrogens with one attached hydrogen (secondary N) is 1. The zero-order chi connectivity index (χ0) is 16.4. The Bertz CT molecular complexity index is 690. The maximum atomic E-state index is 12.5. The van der Waals surface area contributed by atoms with Crippen LogP contribution in [0.5, 0.6) is 5.75 Å². The van der Waals surface area contributed by atoms with E-state index in [-0.39, 0.29) is 29.1 Å². The largest absolute Gasteiger partial charge is 0.486 e. The number of ketones is 1. The van der Waals surface area contributed by atoms with Gasteiger partial charge in [-0.25, -0.2) is 0 Å². The second kappa shape index (κ2) is 4.59. The molecule has 0 radical (unpaired) electrons. The van der Waals surface area contributed by atoms with Gasteiger partial charge in [0.1, 0.15) is 11.4 Å². The summed E-state index contributed by atoms with van der Waals surface area (Å²) in [5.41, 5.74) is -0.00890. The molecule has 1 spiro atoms. The summed E-state index contributed by atoms with van der Waals surface area (Å²) in [5, 5.41) is 3.08. The molecule has 3 aliphatic rings. The van der Waals surface area contributed by atoms with Crippen molar-refractivity contribution < 1.29 is 14.3 Å². The van der Waals surface area contributed by atoms with Gasteiger partial charge in [-0.2, -0.15) is 0 Å². The van der Waals surface area contributed by atoms with E-state index in [1.807, 2.05) is 45.0 Å². The minimum atomic E-state index is -0.462. The molecule has 1 N–H and O–H groups in total. The van der Waals surface area contributed by atoms with Gasteiger partial charge in [-0.05, 0) is 51.7 Å². The highest BCUT2D eigenvalue weighted by molar-refractivity contribution is 6.00. The second-order valence-corrected chi connectivity index (χ2v) is 8.26. The molecule has 1 heterocycles. The van der Waals surface area contributed by atoms with E-state index in [0.717, 1.165) is 12.8 Å². The predicted octanol–water partition coefficient (Wildman–Crippen LogP) is 2.96. The molecule has 1 aromatic carbocycles. The number of hydrogen-bond donors (Lipinski definition) is 1. The Morgan fingerprint density at radius 3 is 2.78 bits per heavy atom. The van der Waals surface area contributed by atoms with Gasteiger partial charge in [0.25, 0.3) is 0 Å². The van der Waals surface area contributed by atoms with Gasteiger partial charge in [-0.3, -0.25) is 9.59 Å². The van der Waals surface area contributed by atoms with E-state index >= 15 is 0 Å². The van der Waals surface area contributed by atoms with Crippen molar-refractivity contribution in [3.05, 3.63) is 29.8 Å². The number of carbonyl (C=O) groups excluding carboxylic acids is 2. The number of para-hydroxylation sites is 1. The fraction of sp³-hybridized carbons (Fsp3) is 0.579. The van der Waals surface area contributed by atoms with Crippen molar-refractivity contribution in [2.75, 3.05) is 0 Å². The molecule has 4 atom stereocenters. The van der Waals surface area contributed by atoms with Crippen LogP contribution in [0, 0.1) is 17.8 Å². The third kappa shape index (κ3) is 2.27. The predicted molar refractivity (Wildman–Crippen MR) is 86.3 cm³/mol. The summed E-state index contributed by atoms with van der Waals surface area (Å²) in [7, 11) is 0. The lowest BCUT2D eigenvalue weighted by atomic mass is 9.84. The van der Waals surface area contributed by atoms with Crippen molar-refractivity contribution in [3.8, 4) is 5.75 Å². The highest BCUT2D eigenvalue weighted by atomic mass is 16.5. The van der Waals surface area contributed by atoms with Gasteiger partial charge >= 0.3 is 0 Å². The van der Waals surface area contributed by atoms with Gasteiger partial charge < -0.3 is 10.1 Å². The standard InChI is InChI=1S/C19H23NO3/c1-18(2,3)20-17(22)15-12-8-9-19(16(12)15)10-13(21)11-6-4-5-7-14(11)23-19/h4-7,12,15-16H,8-10H2,1-3H3,(H,20,22)/t12-,15+,16-,19-/m0/s1. The highest BCUT2D eigenvalue weighted by Gasteiger charge is 2.70. The molecule has 2 saturated carbocycles. The number of rotatable bonds is 1. The van der Waals surface area contributed by atoms with Gasteiger partial charge in [0.05, 0.1) is 12.0 Å². The molecular weight excluding hydrogens is 290 g/mol. The van der Waals surface area contributed by atoms with E-state index in [2.05, 4.69) is 5.32 Å². The zero-order valence-corrected chi connectivity index (χ0v) is 13.9. The molecule has 2 fully saturated rings. The number of hydrogen-bond acceptors (Lipinski definition) is 3. The van der Waals surface area contributed by atoms with E-state index in [4.69, 9.17) is 4.74 Å². The summed E-state index contributed by atoms with van der Waals surface area (Å²) in [6.45, 7) is 5.99. The molecule has 0 unspecified atom stereocenters. The molecular formula is C19H23NO3. The maximum absolute atomic E-state index is 12.5. The number of Topliss-reactive ketones (excluding diaryl/α,β-unsaturated/α-hetero) is 1. The normalized spacial score (nSPS) is 34.6. The molecule has 23 heavy (non-hydrogen) atoms. The Kier molecular flexibility index (Phi) is 2.94. The summed E-state index contributed by atoms with van der Waals surface area (Å²) in [4.78, 5) is 25.1. The van der Waals surface area contributed by atoms with Gasteiger partial charge in [-0.15, -0.1) is 0 Å². The third-order valence-corrected chi connectivity index (χ3v) is 5.44. The van der Waals surface area contributed by atoms with Gasteiger partial charge in [0, 0.05) is 17.4 Å². The highest BCUT2D eigenvalue weighted by Crippen LogP contribution is 2.65. The van der Waals surface area contributed by atoms with Crippen LogP contribution in [0.3, 0.4) is 0 Å². The van der Waals surface area contributed by atoms with Crippen LogP contribution in [0.1, 0.15) is 50.4 Å². The van der Waals surface area contributed by atoms with Gasteiger partial charge in [0.2, 0.25) is 5.91 Å². The first-order valence-electron chi connectivity index (χ1n) is 8.44. The van der Waals surface area contributed by atoms with Crippen LogP contribution in [0.2, 0.25) is 0 Å². The quantitative estimate of drug-likeness (QED) is 0.867. The van der Waals surface area contributed by atoms with E-state index in [9.17, 15) is 9.59 Å². The first-order chi connectivity index (χ1) is 10.8. The summed E-state index contributed by atoms with van der Waals surface area (Å²) in [6.07, 6.45) is 2.26. The van der Waals surface area contributed by atoms with Crippen molar-refractivity contribution in [1.29, 1.82) is 0 Å². The van der Waals surface area contributed by atoms with E-state index in [1.165, 1.54) is 0 Å². The van der Waals surface area contributed by atoms with Crippen molar-refractivity contribution in [2.45, 2.75) is 51.2 Å². The molecule has 4 nitrogen and oxygen atoms in total. The zero-order valence-electron chi connectivity index (χ0n) is 13.9.